The average molecular weight is 428 g/mol. The van der Waals surface area contributed by atoms with Gasteiger partial charge in [-0.1, -0.05) is 36.4 Å². The van der Waals surface area contributed by atoms with Crippen LogP contribution >= 0.6 is 0 Å². The Morgan fingerprint density at radius 2 is 1.87 bits per heavy atom. The second-order valence-electron chi connectivity index (χ2n) is 7.81. The zero-order valence-electron chi connectivity index (χ0n) is 18.5. The first-order valence-corrected chi connectivity index (χ1v) is 10.3. The summed E-state index contributed by atoms with van der Waals surface area (Å²) < 4.78 is 26.6. The van der Waals surface area contributed by atoms with Gasteiger partial charge >= 0.3 is 0 Å². The van der Waals surface area contributed by atoms with Gasteiger partial charge in [0.15, 0.2) is 0 Å². The monoisotopic (exact) mass is 427 g/mol. The third-order valence-electron chi connectivity index (χ3n) is 5.04. The highest BCUT2D eigenvalue weighted by Gasteiger charge is 2.24. The smallest absolute Gasteiger partial charge is 0.222 e. The van der Waals surface area contributed by atoms with E-state index in [2.05, 4.69) is 18.7 Å². The molecule has 1 aromatic heterocycles. The van der Waals surface area contributed by atoms with Gasteiger partial charge in [-0.05, 0) is 26.0 Å². The minimum atomic E-state index is -0.614. The molecule has 2 aromatic carbocycles. The number of aromatic nitrogens is 2. The van der Waals surface area contributed by atoms with E-state index in [0.717, 1.165) is 16.8 Å². The van der Waals surface area contributed by atoms with Gasteiger partial charge in [0.2, 0.25) is 5.88 Å². The van der Waals surface area contributed by atoms with Crippen LogP contribution in [-0.2, 0) is 18.3 Å². The number of aryl methyl sites for hydroxylation is 1. The molecule has 0 aliphatic heterocycles. The molecule has 7 heteroatoms. The molecule has 0 saturated carbocycles. The zero-order chi connectivity index (χ0) is 22.4. The highest BCUT2D eigenvalue weighted by Crippen LogP contribution is 2.34. The Morgan fingerprint density at radius 3 is 2.52 bits per heavy atom. The summed E-state index contributed by atoms with van der Waals surface area (Å²) in [4.78, 5) is 2.14. The number of aliphatic hydroxyl groups excluding tert-OH is 1. The molecule has 31 heavy (non-hydrogen) atoms. The van der Waals surface area contributed by atoms with Crippen molar-refractivity contribution >= 4 is 0 Å². The average Bonchev–Trinajstić information content (AvgIpc) is 3.04. The molecule has 3 rings (SSSR count). The first-order valence-electron chi connectivity index (χ1n) is 10.3. The van der Waals surface area contributed by atoms with E-state index in [4.69, 9.17) is 14.6 Å². The van der Waals surface area contributed by atoms with Gasteiger partial charge in [-0.2, -0.15) is 5.10 Å². The molecule has 0 radical (unpaired) electrons. The van der Waals surface area contributed by atoms with Gasteiger partial charge in [0, 0.05) is 44.9 Å². The van der Waals surface area contributed by atoms with Crippen LogP contribution in [0.3, 0.4) is 0 Å². The van der Waals surface area contributed by atoms with E-state index in [9.17, 15) is 9.50 Å². The van der Waals surface area contributed by atoms with E-state index >= 15 is 0 Å². The molecule has 3 aromatic rings. The van der Waals surface area contributed by atoms with Crippen LogP contribution in [-0.4, -0.2) is 52.2 Å². The lowest BCUT2D eigenvalue weighted by Crippen LogP contribution is -2.38. The fourth-order valence-electron chi connectivity index (χ4n) is 3.47. The maximum absolute atomic E-state index is 13.7. The van der Waals surface area contributed by atoms with E-state index in [1.54, 1.807) is 23.9 Å². The molecule has 0 spiro atoms. The van der Waals surface area contributed by atoms with Crippen molar-refractivity contribution in [2.45, 2.75) is 32.5 Å². The standard InChI is InChI=1S/C24H30FN3O3/c1-17(2)28(14-20(29)16-30-4)15-22-23(18-9-6-5-7-10-18)26-27(3)24(22)31-21-12-8-11-19(25)13-21/h5-13,17,20,29H,14-16H2,1-4H3/t20-/m1/s1. The molecule has 166 valence electrons. The fraction of sp³-hybridized carbons (Fsp3) is 0.375. The van der Waals surface area contributed by atoms with E-state index in [1.807, 2.05) is 37.4 Å². The second-order valence-corrected chi connectivity index (χ2v) is 7.81. The van der Waals surface area contributed by atoms with E-state index < -0.39 is 6.10 Å². The van der Waals surface area contributed by atoms with E-state index in [0.29, 0.717) is 24.7 Å². The van der Waals surface area contributed by atoms with Crippen LogP contribution in [0.2, 0.25) is 0 Å². The van der Waals surface area contributed by atoms with Gasteiger partial charge in [0.1, 0.15) is 17.3 Å². The van der Waals surface area contributed by atoms with Crippen molar-refractivity contribution in [2.24, 2.45) is 7.05 Å². The maximum atomic E-state index is 13.7. The molecule has 0 bridgehead atoms. The molecule has 6 nitrogen and oxygen atoms in total. The predicted molar refractivity (Wildman–Crippen MR) is 119 cm³/mol. The van der Waals surface area contributed by atoms with Crippen molar-refractivity contribution in [3.05, 3.63) is 66.0 Å². The van der Waals surface area contributed by atoms with Crippen LogP contribution in [0.25, 0.3) is 11.3 Å². The van der Waals surface area contributed by atoms with Crippen molar-refractivity contribution in [1.29, 1.82) is 0 Å². The largest absolute Gasteiger partial charge is 0.439 e. The second kappa shape index (κ2) is 10.5. The molecule has 0 aliphatic rings. The minimum Gasteiger partial charge on any atom is -0.439 e. The van der Waals surface area contributed by atoms with Crippen LogP contribution in [0.15, 0.2) is 54.6 Å². The SMILES string of the molecule is COC[C@H](O)CN(Cc1c(-c2ccccc2)nn(C)c1Oc1cccc(F)c1)C(C)C. The van der Waals surface area contributed by atoms with Gasteiger partial charge in [-0.25, -0.2) is 9.07 Å². The summed E-state index contributed by atoms with van der Waals surface area (Å²) in [6, 6.07) is 16.1. The Kier molecular flexibility index (Phi) is 7.79. The van der Waals surface area contributed by atoms with Crippen LogP contribution < -0.4 is 4.74 Å². The van der Waals surface area contributed by atoms with Gasteiger partial charge in [-0.15, -0.1) is 0 Å². The molecule has 1 N–H and O–H groups in total. The van der Waals surface area contributed by atoms with Crippen LogP contribution in [0.5, 0.6) is 11.6 Å². The Hall–Kier alpha value is -2.74. The number of ether oxygens (including phenoxy) is 2. The Bertz CT molecular complexity index is 975. The van der Waals surface area contributed by atoms with Crippen LogP contribution in [0.1, 0.15) is 19.4 Å². The molecule has 0 amide bonds. The molecule has 0 unspecified atom stereocenters. The van der Waals surface area contributed by atoms with Gasteiger partial charge in [0.05, 0.1) is 18.3 Å². The summed E-state index contributed by atoms with van der Waals surface area (Å²) in [5.74, 6) is 0.576. The van der Waals surface area contributed by atoms with Crippen molar-refractivity contribution < 1.29 is 19.0 Å². The van der Waals surface area contributed by atoms with Crippen molar-refractivity contribution in [3.63, 3.8) is 0 Å². The van der Waals surface area contributed by atoms with Crippen LogP contribution in [0.4, 0.5) is 4.39 Å². The molecule has 1 atom stereocenters. The topological polar surface area (TPSA) is 59.8 Å². The van der Waals surface area contributed by atoms with Crippen molar-refractivity contribution in [2.75, 3.05) is 20.3 Å². The summed E-state index contributed by atoms with van der Waals surface area (Å²) >= 11 is 0. The van der Waals surface area contributed by atoms with E-state index in [-0.39, 0.29) is 18.5 Å². The number of benzene rings is 2. The Labute approximate surface area is 182 Å². The Balaban J connectivity index is 2.01. The first kappa shape index (κ1) is 22.9. The molecule has 0 saturated heterocycles. The lowest BCUT2D eigenvalue weighted by atomic mass is 10.1. The molecular formula is C24H30FN3O3. The third-order valence-corrected chi connectivity index (χ3v) is 5.04. The maximum Gasteiger partial charge on any atom is 0.222 e. The Morgan fingerprint density at radius 1 is 1.13 bits per heavy atom. The molecule has 0 aliphatic carbocycles. The number of hydrogen-bond acceptors (Lipinski definition) is 5. The van der Waals surface area contributed by atoms with Crippen molar-refractivity contribution in [3.8, 4) is 22.9 Å². The number of rotatable bonds is 10. The number of methoxy groups -OCH3 is 1. The molecular weight excluding hydrogens is 397 g/mol. The molecule has 0 fully saturated rings. The summed E-state index contributed by atoms with van der Waals surface area (Å²) in [6.45, 7) is 5.35. The zero-order valence-corrected chi connectivity index (χ0v) is 18.5. The fourth-order valence-corrected chi connectivity index (χ4v) is 3.47. The summed E-state index contributed by atoms with van der Waals surface area (Å²) in [6.07, 6.45) is -0.614. The minimum absolute atomic E-state index is 0.164. The normalized spacial score (nSPS) is 12.5. The first-order chi connectivity index (χ1) is 14.9. The highest BCUT2D eigenvalue weighted by molar-refractivity contribution is 5.65. The summed E-state index contributed by atoms with van der Waals surface area (Å²) in [5, 5.41) is 15.0. The summed E-state index contributed by atoms with van der Waals surface area (Å²) in [7, 11) is 3.38. The number of halogens is 1. The highest BCUT2D eigenvalue weighted by atomic mass is 19.1. The third kappa shape index (κ3) is 5.91. The van der Waals surface area contributed by atoms with E-state index in [1.165, 1.54) is 12.1 Å². The lowest BCUT2D eigenvalue weighted by molar-refractivity contribution is 0.0278. The predicted octanol–water partition coefficient (Wildman–Crippen LogP) is 4.24. The van der Waals surface area contributed by atoms with Crippen LogP contribution in [0, 0.1) is 5.82 Å². The number of hydrogen-bond donors (Lipinski definition) is 1. The van der Waals surface area contributed by atoms with Crippen molar-refractivity contribution in [1.82, 2.24) is 14.7 Å². The van der Waals surface area contributed by atoms with Gasteiger partial charge in [-0.3, -0.25) is 4.90 Å². The quantitative estimate of drug-likeness (QED) is 0.525. The number of aliphatic hydroxyl groups is 1. The number of nitrogens with zero attached hydrogens (tertiary/aromatic N) is 3. The molecule has 1 heterocycles. The summed E-state index contributed by atoms with van der Waals surface area (Å²) in [5.41, 5.74) is 2.63. The van der Waals surface area contributed by atoms with Gasteiger partial charge in [0.25, 0.3) is 0 Å². The lowest BCUT2D eigenvalue weighted by Gasteiger charge is -2.29. The van der Waals surface area contributed by atoms with Gasteiger partial charge < -0.3 is 14.6 Å².